The standard InChI is InChI=1S/C14H19ClN4O/c1-14(2,3)12-10(7-19(4)18-12)13-16-9(8-20-5)6-11(15)17-13/h6-7H,8H2,1-5H3. The van der Waals surface area contributed by atoms with Gasteiger partial charge in [-0.05, 0) is 6.07 Å². The highest BCUT2D eigenvalue weighted by Crippen LogP contribution is 2.30. The SMILES string of the molecule is COCc1cc(Cl)nc(-c2cn(C)nc2C(C)(C)C)n1. The highest BCUT2D eigenvalue weighted by molar-refractivity contribution is 6.29. The van der Waals surface area contributed by atoms with E-state index in [9.17, 15) is 0 Å². The van der Waals surface area contributed by atoms with Crippen molar-refractivity contribution in [1.29, 1.82) is 0 Å². The largest absolute Gasteiger partial charge is 0.378 e. The van der Waals surface area contributed by atoms with E-state index in [1.807, 2.05) is 13.2 Å². The molecule has 20 heavy (non-hydrogen) atoms. The zero-order valence-electron chi connectivity index (χ0n) is 12.4. The van der Waals surface area contributed by atoms with Crippen LogP contribution < -0.4 is 0 Å². The molecule has 0 saturated carbocycles. The molecule has 0 spiro atoms. The summed E-state index contributed by atoms with van der Waals surface area (Å²) in [4.78, 5) is 8.83. The molecule has 0 saturated heterocycles. The van der Waals surface area contributed by atoms with Gasteiger partial charge in [-0.3, -0.25) is 4.68 Å². The molecule has 0 aromatic carbocycles. The van der Waals surface area contributed by atoms with E-state index in [0.29, 0.717) is 17.6 Å². The number of aryl methyl sites for hydroxylation is 1. The fraction of sp³-hybridized carbons (Fsp3) is 0.500. The highest BCUT2D eigenvalue weighted by atomic mass is 35.5. The first-order valence-corrected chi connectivity index (χ1v) is 6.76. The van der Waals surface area contributed by atoms with E-state index in [0.717, 1.165) is 17.0 Å². The molecule has 0 radical (unpaired) electrons. The lowest BCUT2D eigenvalue weighted by Crippen LogP contribution is -2.14. The smallest absolute Gasteiger partial charge is 0.164 e. The number of hydrogen-bond acceptors (Lipinski definition) is 4. The van der Waals surface area contributed by atoms with Crippen LogP contribution in [0.4, 0.5) is 0 Å². The van der Waals surface area contributed by atoms with Crippen molar-refractivity contribution in [3.63, 3.8) is 0 Å². The second-order valence-corrected chi connectivity index (χ2v) is 6.14. The zero-order valence-corrected chi connectivity index (χ0v) is 13.2. The Kier molecular flexibility index (Phi) is 4.11. The summed E-state index contributed by atoms with van der Waals surface area (Å²) in [5.74, 6) is 0.586. The highest BCUT2D eigenvalue weighted by Gasteiger charge is 2.24. The second-order valence-electron chi connectivity index (χ2n) is 5.75. The zero-order chi connectivity index (χ0) is 14.9. The van der Waals surface area contributed by atoms with Gasteiger partial charge in [0.25, 0.3) is 0 Å². The van der Waals surface area contributed by atoms with Crippen molar-refractivity contribution in [2.75, 3.05) is 7.11 Å². The molecule has 5 nitrogen and oxygen atoms in total. The third-order valence-corrected chi connectivity index (χ3v) is 3.01. The molecule has 108 valence electrons. The van der Waals surface area contributed by atoms with Crippen molar-refractivity contribution in [2.24, 2.45) is 7.05 Å². The summed E-state index contributed by atoms with van der Waals surface area (Å²) in [6.07, 6.45) is 1.92. The minimum absolute atomic E-state index is 0.0936. The molecule has 2 aromatic rings. The van der Waals surface area contributed by atoms with Gasteiger partial charge in [0.1, 0.15) is 5.15 Å². The Bertz CT molecular complexity index is 616. The van der Waals surface area contributed by atoms with Crippen LogP contribution in [0.15, 0.2) is 12.3 Å². The second kappa shape index (κ2) is 5.50. The van der Waals surface area contributed by atoms with Crippen LogP contribution in [0.3, 0.4) is 0 Å². The van der Waals surface area contributed by atoms with Gasteiger partial charge in [0, 0.05) is 25.8 Å². The van der Waals surface area contributed by atoms with E-state index in [4.69, 9.17) is 16.3 Å². The van der Waals surface area contributed by atoms with Crippen LogP contribution in [0.5, 0.6) is 0 Å². The third-order valence-electron chi connectivity index (χ3n) is 2.82. The van der Waals surface area contributed by atoms with Gasteiger partial charge in [0.2, 0.25) is 0 Å². The first kappa shape index (κ1) is 14.9. The van der Waals surface area contributed by atoms with Crippen molar-refractivity contribution >= 4 is 11.6 Å². The van der Waals surface area contributed by atoms with Crippen LogP contribution in [0.25, 0.3) is 11.4 Å². The maximum Gasteiger partial charge on any atom is 0.164 e. The van der Waals surface area contributed by atoms with E-state index in [1.54, 1.807) is 17.9 Å². The number of methoxy groups -OCH3 is 1. The number of halogens is 1. The molecule has 6 heteroatoms. The van der Waals surface area contributed by atoms with Gasteiger partial charge in [-0.1, -0.05) is 32.4 Å². The average molecular weight is 295 g/mol. The molecule has 0 bridgehead atoms. The van der Waals surface area contributed by atoms with Gasteiger partial charge in [-0.15, -0.1) is 0 Å². The monoisotopic (exact) mass is 294 g/mol. The number of nitrogens with zero attached hydrogens (tertiary/aromatic N) is 4. The molecule has 0 aliphatic carbocycles. The van der Waals surface area contributed by atoms with E-state index >= 15 is 0 Å². The minimum atomic E-state index is -0.0936. The molecule has 0 aliphatic heterocycles. The molecule has 0 fully saturated rings. The summed E-state index contributed by atoms with van der Waals surface area (Å²) in [6, 6.07) is 1.71. The summed E-state index contributed by atoms with van der Waals surface area (Å²) >= 11 is 6.08. The topological polar surface area (TPSA) is 52.8 Å². The predicted octanol–water partition coefficient (Wildman–Crippen LogP) is 2.97. The first-order valence-electron chi connectivity index (χ1n) is 6.38. The van der Waals surface area contributed by atoms with Crippen molar-refractivity contribution in [3.8, 4) is 11.4 Å². The Morgan fingerprint density at radius 3 is 2.60 bits per heavy atom. The predicted molar refractivity (Wildman–Crippen MR) is 78.7 cm³/mol. The van der Waals surface area contributed by atoms with E-state index in [2.05, 4.69) is 35.8 Å². The summed E-state index contributed by atoms with van der Waals surface area (Å²) in [6.45, 7) is 6.73. The molecular weight excluding hydrogens is 276 g/mol. The Morgan fingerprint density at radius 1 is 1.30 bits per heavy atom. The molecule has 0 atom stereocenters. The normalized spacial score (nSPS) is 11.9. The van der Waals surface area contributed by atoms with Crippen LogP contribution in [0, 0.1) is 0 Å². The minimum Gasteiger partial charge on any atom is -0.378 e. The third kappa shape index (κ3) is 3.16. The Balaban J connectivity index is 2.56. The van der Waals surface area contributed by atoms with Crippen LogP contribution in [0.1, 0.15) is 32.2 Å². The molecule has 2 heterocycles. The number of hydrogen-bond donors (Lipinski definition) is 0. The van der Waals surface area contributed by atoms with Crippen molar-refractivity contribution in [2.45, 2.75) is 32.8 Å². The molecule has 0 N–H and O–H groups in total. The van der Waals surface area contributed by atoms with Gasteiger partial charge in [0.05, 0.1) is 23.6 Å². The quantitative estimate of drug-likeness (QED) is 0.817. The Hall–Kier alpha value is -1.46. The van der Waals surface area contributed by atoms with Gasteiger partial charge in [-0.25, -0.2) is 9.97 Å². The lowest BCUT2D eigenvalue weighted by atomic mass is 9.89. The number of aromatic nitrogens is 4. The van der Waals surface area contributed by atoms with E-state index < -0.39 is 0 Å². The van der Waals surface area contributed by atoms with Crippen LogP contribution >= 0.6 is 11.6 Å². The van der Waals surface area contributed by atoms with E-state index in [1.165, 1.54) is 0 Å². The summed E-state index contributed by atoms with van der Waals surface area (Å²) in [5, 5.41) is 4.93. The molecule has 0 amide bonds. The molecule has 0 unspecified atom stereocenters. The van der Waals surface area contributed by atoms with Crippen LogP contribution in [-0.2, 0) is 23.8 Å². The number of ether oxygens (including phenoxy) is 1. The molecule has 2 aromatic heterocycles. The van der Waals surface area contributed by atoms with Crippen molar-refractivity contribution < 1.29 is 4.74 Å². The molecule has 0 aliphatic rings. The maximum absolute atomic E-state index is 6.08. The van der Waals surface area contributed by atoms with Crippen LogP contribution in [-0.4, -0.2) is 26.9 Å². The fourth-order valence-electron chi connectivity index (χ4n) is 2.01. The lowest BCUT2D eigenvalue weighted by molar-refractivity contribution is 0.181. The maximum atomic E-state index is 6.08. The molecule has 2 rings (SSSR count). The Labute approximate surface area is 124 Å². The summed E-state index contributed by atoms with van der Waals surface area (Å²) in [5.41, 5.74) is 2.51. The van der Waals surface area contributed by atoms with Gasteiger partial charge in [-0.2, -0.15) is 5.10 Å². The summed E-state index contributed by atoms with van der Waals surface area (Å²) in [7, 11) is 3.51. The van der Waals surface area contributed by atoms with Crippen LogP contribution in [0.2, 0.25) is 5.15 Å². The fourth-order valence-corrected chi connectivity index (χ4v) is 2.22. The summed E-state index contributed by atoms with van der Waals surface area (Å²) < 4.78 is 6.88. The van der Waals surface area contributed by atoms with E-state index in [-0.39, 0.29) is 5.41 Å². The number of rotatable bonds is 3. The molecular formula is C14H19ClN4O. The Morgan fingerprint density at radius 2 is 2.00 bits per heavy atom. The average Bonchev–Trinajstić information content (AvgIpc) is 2.71. The van der Waals surface area contributed by atoms with Crippen molar-refractivity contribution in [3.05, 3.63) is 28.8 Å². The first-order chi connectivity index (χ1) is 9.31. The van der Waals surface area contributed by atoms with Gasteiger partial charge in [0.15, 0.2) is 5.82 Å². The van der Waals surface area contributed by atoms with Crippen molar-refractivity contribution in [1.82, 2.24) is 19.7 Å². The van der Waals surface area contributed by atoms with Gasteiger partial charge >= 0.3 is 0 Å². The van der Waals surface area contributed by atoms with Gasteiger partial charge < -0.3 is 4.74 Å². The lowest BCUT2D eigenvalue weighted by Gasteiger charge is -2.17.